The van der Waals surface area contributed by atoms with Crippen LogP contribution >= 0.6 is 0 Å². The molecule has 0 saturated carbocycles. The summed E-state index contributed by atoms with van der Waals surface area (Å²) in [6, 6.07) is 5.66. The normalized spacial score (nSPS) is 14.2. The zero-order chi connectivity index (χ0) is 9.90. The Labute approximate surface area is 73.5 Å². The van der Waals surface area contributed by atoms with Gasteiger partial charge in [-0.05, 0) is 5.56 Å². The Balaban J connectivity index is 2.92. The predicted molar refractivity (Wildman–Crippen MR) is 42.6 cm³/mol. The molecule has 0 heterocycles. The summed E-state index contributed by atoms with van der Waals surface area (Å²) >= 11 is 0. The molecule has 0 aliphatic rings. The third-order valence-electron chi connectivity index (χ3n) is 1.63. The first kappa shape index (κ1) is 10.0. The Hall–Kier alpha value is -1.07. The van der Waals surface area contributed by atoms with Crippen molar-refractivity contribution < 1.29 is 13.2 Å². The maximum absolute atomic E-state index is 12.3. The van der Waals surface area contributed by atoms with E-state index in [1.807, 2.05) is 0 Å². The second kappa shape index (κ2) is 3.76. The van der Waals surface area contributed by atoms with Crippen LogP contribution in [0.4, 0.5) is 13.2 Å². The van der Waals surface area contributed by atoms with Crippen molar-refractivity contribution in [3.05, 3.63) is 35.9 Å². The van der Waals surface area contributed by atoms with Gasteiger partial charge >= 0.3 is 6.18 Å². The van der Waals surface area contributed by atoms with Gasteiger partial charge in [0.2, 0.25) is 0 Å². The van der Waals surface area contributed by atoms with Crippen molar-refractivity contribution >= 4 is 0 Å². The molecule has 0 saturated heterocycles. The minimum Gasteiger partial charge on any atom is -0.271 e. The first-order valence-corrected chi connectivity index (χ1v) is 3.63. The van der Waals surface area contributed by atoms with Gasteiger partial charge in [-0.1, -0.05) is 30.3 Å². The fourth-order valence-corrected chi connectivity index (χ4v) is 1.03. The average molecular weight is 190 g/mol. The number of nitrogens with two attached hydrogens (primary N) is 1. The number of benzene rings is 1. The Morgan fingerprint density at radius 3 is 2.08 bits per heavy atom. The third-order valence-corrected chi connectivity index (χ3v) is 1.63. The van der Waals surface area contributed by atoms with Crippen LogP contribution in [-0.2, 0) is 0 Å². The van der Waals surface area contributed by atoms with E-state index in [1.165, 1.54) is 24.3 Å². The molecule has 1 atom stereocenters. The highest BCUT2D eigenvalue weighted by molar-refractivity contribution is 5.19. The molecule has 2 nitrogen and oxygen atoms in total. The van der Waals surface area contributed by atoms with E-state index in [2.05, 4.69) is 0 Å². The Kier molecular flexibility index (Phi) is 2.90. The van der Waals surface area contributed by atoms with Gasteiger partial charge in [0.05, 0.1) is 0 Å². The van der Waals surface area contributed by atoms with Gasteiger partial charge in [0.1, 0.15) is 6.04 Å². The average Bonchev–Trinajstić information content (AvgIpc) is 2.05. The van der Waals surface area contributed by atoms with Crippen LogP contribution in [0.1, 0.15) is 11.6 Å². The highest BCUT2D eigenvalue weighted by Gasteiger charge is 2.39. The van der Waals surface area contributed by atoms with Crippen LogP contribution in [0.5, 0.6) is 0 Å². The first-order chi connectivity index (χ1) is 6.05. The molecule has 1 aromatic carbocycles. The number of alkyl halides is 3. The van der Waals surface area contributed by atoms with Crippen LogP contribution in [0.3, 0.4) is 0 Å². The quantitative estimate of drug-likeness (QED) is 0.550. The molecule has 0 aliphatic carbocycles. The van der Waals surface area contributed by atoms with E-state index < -0.39 is 12.2 Å². The van der Waals surface area contributed by atoms with E-state index >= 15 is 0 Å². The van der Waals surface area contributed by atoms with Crippen LogP contribution in [0.25, 0.3) is 0 Å². The van der Waals surface area contributed by atoms with Crippen molar-refractivity contribution in [3.63, 3.8) is 0 Å². The summed E-state index contributed by atoms with van der Waals surface area (Å²) in [6.07, 6.45) is -4.36. The smallest absolute Gasteiger partial charge is 0.271 e. The standard InChI is InChI=1S/C8H9F3N2/c9-8(10,11)7(13-12)6-4-2-1-3-5-6/h1-5,7,13H,12H2/t7-/m1/s1. The molecule has 72 valence electrons. The molecule has 0 amide bonds. The summed E-state index contributed by atoms with van der Waals surface area (Å²) < 4.78 is 36.8. The minimum absolute atomic E-state index is 0.109. The first-order valence-electron chi connectivity index (χ1n) is 3.63. The van der Waals surface area contributed by atoms with Crippen molar-refractivity contribution in [2.45, 2.75) is 12.2 Å². The Morgan fingerprint density at radius 1 is 1.15 bits per heavy atom. The molecule has 0 spiro atoms. The molecule has 0 bridgehead atoms. The maximum Gasteiger partial charge on any atom is 0.409 e. The predicted octanol–water partition coefficient (Wildman–Crippen LogP) is 1.75. The number of hydrazine groups is 1. The van der Waals surface area contributed by atoms with Crippen LogP contribution < -0.4 is 11.3 Å². The fraction of sp³-hybridized carbons (Fsp3) is 0.250. The second-order valence-electron chi connectivity index (χ2n) is 2.55. The van der Waals surface area contributed by atoms with Crippen LogP contribution in [0.2, 0.25) is 0 Å². The molecular formula is C8H9F3N2. The SMILES string of the molecule is NN[C@H](c1ccccc1)C(F)(F)F. The number of hydrogen-bond donors (Lipinski definition) is 2. The summed E-state index contributed by atoms with van der Waals surface area (Å²) in [5.41, 5.74) is 1.84. The highest BCUT2D eigenvalue weighted by Crippen LogP contribution is 2.31. The topological polar surface area (TPSA) is 38.0 Å². The van der Waals surface area contributed by atoms with Crippen molar-refractivity contribution in [3.8, 4) is 0 Å². The van der Waals surface area contributed by atoms with Gasteiger partial charge in [-0.15, -0.1) is 0 Å². The molecule has 0 radical (unpaired) electrons. The summed E-state index contributed by atoms with van der Waals surface area (Å²) in [5.74, 6) is 4.82. The number of rotatable bonds is 2. The van der Waals surface area contributed by atoms with Gasteiger partial charge in [-0.3, -0.25) is 5.84 Å². The number of halogens is 3. The number of hydrogen-bond acceptors (Lipinski definition) is 2. The van der Waals surface area contributed by atoms with E-state index in [-0.39, 0.29) is 5.56 Å². The van der Waals surface area contributed by atoms with Crippen molar-refractivity contribution in [1.82, 2.24) is 5.43 Å². The van der Waals surface area contributed by atoms with Gasteiger partial charge in [0.15, 0.2) is 0 Å². The largest absolute Gasteiger partial charge is 0.409 e. The van der Waals surface area contributed by atoms with Crippen molar-refractivity contribution in [2.24, 2.45) is 5.84 Å². The lowest BCUT2D eigenvalue weighted by Crippen LogP contribution is -2.38. The Bertz CT molecular complexity index is 258. The third kappa shape index (κ3) is 2.43. The van der Waals surface area contributed by atoms with Gasteiger partial charge in [-0.25, -0.2) is 5.43 Å². The maximum atomic E-state index is 12.3. The molecule has 1 aromatic rings. The fourth-order valence-electron chi connectivity index (χ4n) is 1.03. The highest BCUT2D eigenvalue weighted by atomic mass is 19.4. The zero-order valence-electron chi connectivity index (χ0n) is 6.68. The van der Waals surface area contributed by atoms with E-state index in [1.54, 1.807) is 11.5 Å². The van der Waals surface area contributed by atoms with E-state index in [0.29, 0.717) is 0 Å². The zero-order valence-corrected chi connectivity index (χ0v) is 6.68. The van der Waals surface area contributed by atoms with Gasteiger partial charge < -0.3 is 0 Å². The van der Waals surface area contributed by atoms with Crippen LogP contribution in [0.15, 0.2) is 30.3 Å². The minimum atomic E-state index is -4.36. The number of nitrogens with one attached hydrogen (secondary N) is 1. The van der Waals surface area contributed by atoms with Gasteiger partial charge in [-0.2, -0.15) is 13.2 Å². The molecule has 3 N–H and O–H groups in total. The summed E-state index contributed by atoms with van der Waals surface area (Å²) in [6.45, 7) is 0. The van der Waals surface area contributed by atoms with Crippen LogP contribution in [-0.4, -0.2) is 6.18 Å². The van der Waals surface area contributed by atoms with Gasteiger partial charge in [0, 0.05) is 0 Å². The molecule has 0 fully saturated rings. The molecule has 13 heavy (non-hydrogen) atoms. The molecule has 0 aliphatic heterocycles. The summed E-state index contributed by atoms with van der Waals surface area (Å²) in [7, 11) is 0. The monoisotopic (exact) mass is 190 g/mol. The van der Waals surface area contributed by atoms with E-state index in [9.17, 15) is 13.2 Å². The lowest BCUT2D eigenvalue weighted by atomic mass is 10.1. The lowest BCUT2D eigenvalue weighted by Gasteiger charge is -2.19. The Morgan fingerprint density at radius 2 is 1.69 bits per heavy atom. The van der Waals surface area contributed by atoms with Crippen molar-refractivity contribution in [2.75, 3.05) is 0 Å². The lowest BCUT2D eigenvalue weighted by molar-refractivity contribution is -0.157. The summed E-state index contributed by atoms with van der Waals surface area (Å²) in [4.78, 5) is 0. The van der Waals surface area contributed by atoms with Crippen LogP contribution in [0, 0.1) is 0 Å². The van der Waals surface area contributed by atoms with Gasteiger partial charge in [0.25, 0.3) is 0 Å². The summed E-state index contributed by atoms with van der Waals surface area (Å²) in [5, 5.41) is 0. The molecular weight excluding hydrogens is 181 g/mol. The molecule has 0 aromatic heterocycles. The van der Waals surface area contributed by atoms with Crippen molar-refractivity contribution in [1.29, 1.82) is 0 Å². The molecule has 0 unspecified atom stereocenters. The molecule has 1 rings (SSSR count). The molecule has 5 heteroatoms. The van der Waals surface area contributed by atoms with E-state index in [0.717, 1.165) is 0 Å². The second-order valence-corrected chi connectivity index (χ2v) is 2.55. The van der Waals surface area contributed by atoms with E-state index in [4.69, 9.17) is 5.84 Å².